The Morgan fingerprint density at radius 3 is 2.94 bits per heavy atom. The van der Waals surface area contributed by atoms with E-state index in [1.807, 2.05) is 12.1 Å². The van der Waals surface area contributed by atoms with Crippen molar-refractivity contribution in [2.24, 2.45) is 5.73 Å². The summed E-state index contributed by atoms with van der Waals surface area (Å²) in [5.74, 6) is 0.910. The lowest BCUT2D eigenvalue weighted by Gasteiger charge is -2.28. The van der Waals surface area contributed by atoms with Crippen molar-refractivity contribution in [2.45, 2.75) is 31.3 Å². The lowest BCUT2D eigenvalue weighted by atomic mass is 10.1. The summed E-state index contributed by atoms with van der Waals surface area (Å²) in [6.45, 7) is 1.32. The van der Waals surface area contributed by atoms with Gasteiger partial charge in [-0.2, -0.15) is 5.26 Å². The number of hydrogen-bond donors (Lipinski definition) is 1. The van der Waals surface area contributed by atoms with Gasteiger partial charge in [-0.15, -0.1) is 0 Å². The van der Waals surface area contributed by atoms with Gasteiger partial charge in [-0.05, 0) is 25.0 Å². The third-order valence-corrected chi connectivity index (χ3v) is 2.99. The third-order valence-electron chi connectivity index (χ3n) is 2.99. The van der Waals surface area contributed by atoms with Crippen LogP contribution in [0.3, 0.4) is 0 Å². The van der Waals surface area contributed by atoms with E-state index in [1.54, 1.807) is 6.26 Å². The molecule has 2 rings (SSSR count). The summed E-state index contributed by atoms with van der Waals surface area (Å²) in [7, 11) is 0. The van der Waals surface area contributed by atoms with E-state index in [2.05, 4.69) is 11.0 Å². The predicted molar refractivity (Wildman–Crippen MR) is 60.5 cm³/mol. The van der Waals surface area contributed by atoms with E-state index in [0.29, 0.717) is 19.0 Å². The first-order valence-corrected chi connectivity index (χ1v) is 5.73. The monoisotopic (exact) mass is 219 g/mol. The van der Waals surface area contributed by atoms with Gasteiger partial charge in [0.1, 0.15) is 5.76 Å². The van der Waals surface area contributed by atoms with Crippen LogP contribution in [0.15, 0.2) is 22.8 Å². The Hall–Kier alpha value is -1.31. The number of nitrogens with zero attached hydrogens (tertiary/aromatic N) is 2. The van der Waals surface area contributed by atoms with Crippen LogP contribution in [-0.2, 0) is 0 Å². The molecule has 1 saturated carbocycles. The predicted octanol–water partition coefficient (Wildman–Crippen LogP) is 1.66. The van der Waals surface area contributed by atoms with E-state index in [-0.39, 0.29) is 6.04 Å². The van der Waals surface area contributed by atoms with E-state index in [9.17, 15) is 0 Å². The molecule has 1 aromatic heterocycles. The molecule has 4 nitrogen and oxygen atoms in total. The molecule has 0 radical (unpaired) electrons. The zero-order chi connectivity index (χ0) is 11.4. The van der Waals surface area contributed by atoms with Crippen molar-refractivity contribution in [3.63, 3.8) is 0 Å². The number of nitriles is 1. The van der Waals surface area contributed by atoms with Crippen LogP contribution in [0.4, 0.5) is 0 Å². The molecular weight excluding hydrogens is 202 g/mol. The lowest BCUT2D eigenvalue weighted by Crippen LogP contribution is -2.36. The highest BCUT2D eigenvalue weighted by atomic mass is 16.3. The van der Waals surface area contributed by atoms with Gasteiger partial charge in [-0.25, -0.2) is 0 Å². The number of hydrogen-bond acceptors (Lipinski definition) is 4. The fraction of sp³-hybridized carbons (Fsp3) is 0.583. The largest absolute Gasteiger partial charge is 0.468 e. The highest BCUT2D eigenvalue weighted by molar-refractivity contribution is 5.07. The Kier molecular flexibility index (Phi) is 3.60. The van der Waals surface area contributed by atoms with Crippen molar-refractivity contribution >= 4 is 0 Å². The maximum Gasteiger partial charge on any atom is 0.122 e. The van der Waals surface area contributed by atoms with Gasteiger partial charge >= 0.3 is 0 Å². The molecule has 0 aliphatic heterocycles. The average Bonchev–Trinajstić information content (AvgIpc) is 3.00. The molecule has 1 aromatic rings. The van der Waals surface area contributed by atoms with Gasteiger partial charge in [0.05, 0.1) is 18.4 Å². The molecule has 1 atom stereocenters. The first-order valence-electron chi connectivity index (χ1n) is 5.73. The van der Waals surface area contributed by atoms with Crippen LogP contribution >= 0.6 is 0 Å². The second kappa shape index (κ2) is 5.15. The van der Waals surface area contributed by atoms with Gasteiger partial charge < -0.3 is 10.2 Å². The molecule has 0 aromatic carbocycles. The van der Waals surface area contributed by atoms with E-state index in [4.69, 9.17) is 15.4 Å². The number of rotatable bonds is 6. The number of nitrogens with two attached hydrogens (primary N) is 1. The van der Waals surface area contributed by atoms with Gasteiger partial charge in [-0.1, -0.05) is 0 Å². The second-order valence-electron chi connectivity index (χ2n) is 4.14. The quantitative estimate of drug-likeness (QED) is 0.790. The van der Waals surface area contributed by atoms with Crippen LogP contribution in [-0.4, -0.2) is 24.0 Å². The fourth-order valence-electron chi connectivity index (χ4n) is 2.07. The van der Waals surface area contributed by atoms with E-state index < -0.39 is 0 Å². The third kappa shape index (κ3) is 2.43. The van der Waals surface area contributed by atoms with Gasteiger partial charge in [-0.3, -0.25) is 4.90 Å². The van der Waals surface area contributed by atoms with Crippen LogP contribution in [0.2, 0.25) is 0 Å². The Balaban J connectivity index is 2.07. The zero-order valence-electron chi connectivity index (χ0n) is 9.30. The Morgan fingerprint density at radius 2 is 2.44 bits per heavy atom. The maximum absolute atomic E-state index is 8.67. The summed E-state index contributed by atoms with van der Waals surface area (Å²) in [5, 5.41) is 8.67. The number of furan rings is 1. The molecule has 86 valence electrons. The van der Waals surface area contributed by atoms with Crippen LogP contribution in [0, 0.1) is 11.3 Å². The maximum atomic E-state index is 8.67. The Bertz CT molecular complexity index is 351. The Labute approximate surface area is 95.6 Å². The first-order chi connectivity index (χ1) is 7.86. The molecule has 1 unspecified atom stereocenters. The standard InChI is InChI=1S/C12H17N3O/c13-6-2-7-15(10-4-5-10)11(9-14)12-3-1-8-16-12/h1,3,8,10-11H,2,4-5,7,9,14H2. The average molecular weight is 219 g/mol. The molecule has 1 fully saturated rings. The van der Waals surface area contributed by atoms with E-state index in [0.717, 1.165) is 12.3 Å². The molecule has 0 bridgehead atoms. The first kappa shape index (κ1) is 11.2. The van der Waals surface area contributed by atoms with Crippen LogP contribution < -0.4 is 5.73 Å². The van der Waals surface area contributed by atoms with Crippen molar-refractivity contribution in [3.05, 3.63) is 24.2 Å². The second-order valence-corrected chi connectivity index (χ2v) is 4.14. The van der Waals surface area contributed by atoms with Crippen molar-refractivity contribution in [2.75, 3.05) is 13.1 Å². The van der Waals surface area contributed by atoms with Crippen molar-refractivity contribution < 1.29 is 4.42 Å². The minimum Gasteiger partial charge on any atom is -0.468 e. The van der Waals surface area contributed by atoms with Crippen LogP contribution in [0.25, 0.3) is 0 Å². The van der Waals surface area contributed by atoms with Gasteiger partial charge in [0.25, 0.3) is 0 Å². The van der Waals surface area contributed by atoms with Gasteiger partial charge in [0.15, 0.2) is 0 Å². The molecule has 0 spiro atoms. The molecule has 1 heterocycles. The SMILES string of the molecule is N#CCCN(C1CC1)C(CN)c1ccco1. The fourth-order valence-corrected chi connectivity index (χ4v) is 2.07. The van der Waals surface area contributed by atoms with Crippen LogP contribution in [0.1, 0.15) is 31.1 Å². The molecule has 16 heavy (non-hydrogen) atoms. The summed E-state index contributed by atoms with van der Waals surface area (Å²) in [6.07, 6.45) is 4.65. The highest BCUT2D eigenvalue weighted by Gasteiger charge is 2.34. The summed E-state index contributed by atoms with van der Waals surface area (Å²) < 4.78 is 5.42. The van der Waals surface area contributed by atoms with Crippen molar-refractivity contribution in [3.8, 4) is 6.07 Å². The minimum atomic E-state index is 0.121. The summed E-state index contributed by atoms with van der Waals surface area (Å²) in [4.78, 5) is 2.31. The van der Waals surface area contributed by atoms with Crippen molar-refractivity contribution in [1.82, 2.24) is 4.90 Å². The van der Waals surface area contributed by atoms with Gasteiger partial charge in [0.2, 0.25) is 0 Å². The molecule has 0 saturated heterocycles. The van der Waals surface area contributed by atoms with E-state index in [1.165, 1.54) is 12.8 Å². The normalized spacial score (nSPS) is 17.3. The highest BCUT2D eigenvalue weighted by Crippen LogP contribution is 2.34. The van der Waals surface area contributed by atoms with E-state index >= 15 is 0 Å². The Morgan fingerprint density at radius 1 is 1.62 bits per heavy atom. The topological polar surface area (TPSA) is 66.2 Å². The molecule has 1 aliphatic rings. The molecule has 2 N–H and O–H groups in total. The zero-order valence-corrected chi connectivity index (χ0v) is 9.30. The summed E-state index contributed by atoms with van der Waals surface area (Å²) in [5.41, 5.74) is 5.82. The molecular formula is C12H17N3O. The molecule has 4 heteroatoms. The van der Waals surface area contributed by atoms with Crippen molar-refractivity contribution in [1.29, 1.82) is 5.26 Å². The summed E-state index contributed by atoms with van der Waals surface area (Å²) in [6, 6.07) is 6.74. The minimum absolute atomic E-state index is 0.121. The van der Waals surface area contributed by atoms with Crippen LogP contribution in [0.5, 0.6) is 0 Å². The van der Waals surface area contributed by atoms with Gasteiger partial charge in [0, 0.05) is 25.6 Å². The molecule has 1 aliphatic carbocycles. The smallest absolute Gasteiger partial charge is 0.122 e. The molecule has 0 amide bonds. The summed E-state index contributed by atoms with van der Waals surface area (Å²) >= 11 is 0. The lowest BCUT2D eigenvalue weighted by molar-refractivity contribution is 0.173.